The Labute approximate surface area is 92.2 Å². The van der Waals surface area contributed by atoms with E-state index in [-0.39, 0.29) is 11.4 Å². The zero-order valence-corrected chi connectivity index (χ0v) is 10.2. The van der Waals surface area contributed by atoms with Crippen molar-refractivity contribution in [3.05, 3.63) is 0 Å². The molecule has 0 bridgehead atoms. The number of nitrogens with two attached hydrogens (primary N) is 1. The molecule has 3 N–H and O–H groups in total. The Bertz CT molecular complexity index is 232. The van der Waals surface area contributed by atoms with Crippen LogP contribution in [-0.4, -0.2) is 42.0 Å². The molecule has 1 fully saturated rings. The molecule has 1 aliphatic rings. The summed E-state index contributed by atoms with van der Waals surface area (Å²) in [6.45, 7) is 10.3. The van der Waals surface area contributed by atoms with Crippen LogP contribution >= 0.6 is 0 Å². The average Bonchev–Trinajstić information content (AvgIpc) is 1.99. The van der Waals surface area contributed by atoms with Gasteiger partial charge in [-0.25, -0.2) is 0 Å². The first-order valence-electron chi connectivity index (χ1n) is 5.59. The molecule has 1 aliphatic heterocycles. The van der Waals surface area contributed by atoms with E-state index in [4.69, 9.17) is 5.73 Å². The third-order valence-electron chi connectivity index (χ3n) is 2.70. The topological polar surface area (TPSA) is 58.4 Å². The number of amides is 1. The van der Waals surface area contributed by atoms with E-state index in [2.05, 4.69) is 24.1 Å². The van der Waals surface area contributed by atoms with Crippen LogP contribution in [0, 0.1) is 5.92 Å². The third-order valence-corrected chi connectivity index (χ3v) is 2.70. The lowest BCUT2D eigenvalue weighted by atomic mass is 9.97. The Morgan fingerprint density at radius 3 is 2.67 bits per heavy atom. The van der Waals surface area contributed by atoms with Gasteiger partial charge in [0.05, 0.1) is 6.54 Å². The lowest BCUT2D eigenvalue weighted by Gasteiger charge is -2.40. The molecule has 0 aromatic rings. The van der Waals surface area contributed by atoms with Gasteiger partial charge in [0.2, 0.25) is 5.91 Å². The molecule has 1 saturated heterocycles. The van der Waals surface area contributed by atoms with Gasteiger partial charge in [0.25, 0.3) is 0 Å². The number of carbonyl (C=O) groups is 1. The van der Waals surface area contributed by atoms with Crippen molar-refractivity contribution in [2.45, 2.75) is 39.3 Å². The predicted molar refractivity (Wildman–Crippen MR) is 61.5 cm³/mol. The molecule has 4 nitrogen and oxygen atoms in total. The summed E-state index contributed by atoms with van der Waals surface area (Å²) < 4.78 is 0. The number of nitrogens with zero attached hydrogens (tertiary/aromatic N) is 1. The molecule has 1 amide bonds. The van der Waals surface area contributed by atoms with E-state index >= 15 is 0 Å². The molecule has 0 aromatic carbocycles. The van der Waals surface area contributed by atoms with Gasteiger partial charge in [-0.3, -0.25) is 9.69 Å². The van der Waals surface area contributed by atoms with Crippen molar-refractivity contribution in [1.29, 1.82) is 0 Å². The Hall–Kier alpha value is -0.610. The van der Waals surface area contributed by atoms with Crippen LogP contribution in [0.5, 0.6) is 0 Å². The van der Waals surface area contributed by atoms with Crippen molar-refractivity contribution >= 4 is 5.91 Å². The minimum Gasteiger partial charge on any atom is -0.353 e. The lowest BCUT2D eigenvalue weighted by Crippen LogP contribution is -2.60. The van der Waals surface area contributed by atoms with Gasteiger partial charge in [0.1, 0.15) is 0 Å². The molecule has 1 heterocycles. The maximum Gasteiger partial charge on any atom is 0.234 e. The molecule has 1 rings (SSSR count). The van der Waals surface area contributed by atoms with Crippen LogP contribution in [0.1, 0.15) is 27.7 Å². The van der Waals surface area contributed by atoms with Gasteiger partial charge in [-0.05, 0) is 19.8 Å². The van der Waals surface area contributed by atoms with Crippen LogP contribution < -0.4 is 11.1 Å². The molecule has 0 saturated carbocycles. The lowest BCUT2D eigenvalue weighted by molar-refractivity contribution is -0.126. The highest BCUT2D eigenvalue weighted by Gasteiger charge is 2.31. The molecule has 0 aromatic heterocycles. The van der Waals surface area contributed by atoms with Crippen LogP contribution in [0.25, 0.3) is 0 Å². The van der Waals surface area contributed by atoms with Crippen molar-refractivity contribution in [3.63, 3.8) is 0 Å². The van der Waals surface area contributed by atoms with Gasteiger partial charge < -0.3 is 11.1 Å². The second kappa shape index (κ2) is 4.49. The van der Waals surface area contributed by atoms with Crippen molar-refractivity contribution in [2.75, 3.05) is 19.6 Å². The molecule has 15 heavy (non-hydrogen) atoms. The fraction of sp³-hybridized carbons (Fsp3) is 0.909. The summed E-state index contributed by atoms with van der Waals surface area (Å²) in [7, 11) is 0. The smallest absolute Gasteiger partial charge is 0.234 e. The molecule has 0 spiro atoms. The number of piperazine rings is 1. The van der Waals surface area contributed by atoms with E-state index < -0.39 is 0 Å². The molecular weight excluding hydrogens is 190 g/mol. The van der Waals surface area contributed by atoms with E-state index in [9.17, 15) is 4.79 Å². The SMILES string of the molecule is CC(C)C1CNC(=O)CN1CC(C)(C)N. The summed E-state index contributed by atoms with van der Waals surface area (Å²) in [5, 5.41) is 2.91. The van der Waals surface area contributed by atoms with Gasteiger partial charge in [-0.1, -0.05) is 13.8 Å². The fourth-order valence-corrected chi connectivity index (χ4v) is 2.06. The number of rotatable bonds is 3. The Morgan fingerprint density at radius 1 is 1.60 bits per heavy atom. The fourth-order valence-electron chi connectivity index (χ4n) is 2.06. The van der Waals surface area contributed by atoms with Gasteiger partial charge in [0, 0.05) is 24.7 Å². The molecular formula is C11H23N3O. The maximum absolute atomic E-state index is 11.3. The number of nitrogens with one attached hydrogen (secondary N) is 1. The number of carbonyl (C=O) groups excluding carboxylic acids is 1. The minimum absolute atomic E-state index is 0.108. The average molecular weight is 213 g/mol. The van der Waals surface area contributed by atoms with E-state index in [1.165, 1.54) is 0 Å². The summed E-state index contributed by atoms with van der Waals surface area (Å²) >= 11 is 0. The molecule has 0 aliphatic carbocycles. The van der Waals surface area contributed by atoms with Crippen LogP contribution in [-0.2, 0) is 4.79 Å². The van der Waals surface area contributed by atoms with Crippen LogP contribution in [0.2, 0.25) is 0 Å². The quantitative estimate of drug-likeness (QED) is 0.703. The number of hydrogen-bond donors (Lipinski definition) is 2. The highest BCUT2D eigenvalue weighted by atomic mass is 16.2. The summed E-state index contributed by atoms with van der Waals surface area (Å²) in [6.07, 6.45) is 0. The van der Waals surface area contributed by atoms with Crippen LogP contribution in [0.3, 0.4) is 0 Å². The van der Waals surface area contributed by atoms with E-state index in [1.807, 2.05) is 13.8 Å². The second-order valence-corrected chi connectivity index (χ2v) is 5.51. The monoisotopic (exact) mass is 213 g/mol. The summed E-state index contributed by atoms with van der Waals surface area (Å²) in [6, 6.07) is 0.408. The first-order valence-corrected chi connectivity index (χ1v) is 5.59. The highest BCUT2D eigenvalue weighted by Crippen LogP contribution is 2.15. The maximum atomic E-state index is 11.3. The molecule has 4 heteroatoms. The van der Waals surface area contributed by atoms with Gasteiger partial charge in [-0.2, -0.15) is 0 Å². The van der Waals surface area contributed by atoms with E-state index in [0.29, 0.717) is 18.5 Å². The standard InChI is InChI=1S/C11H23N3O/c1-8(2)9-5-13-10(15)6-14(9)7-11(3,4)12/h8-9H,5-7,12H2,1-4H3,(H,13,15). The normalized spacial score (nSPS) is 24.4. The summed E-state index contributed by atoms with van der Waals surface area (Å²) in [5.74, 6) is 0.643. The van der Waals surface area contributed by atoms with E-state index in [1.54, 1.807) is 0 Å². The predicted octanol–water partition coefficient (Wildman–Crippen LogP) is 0.180. The summed E-state index contributed by atoms with van der Waals surface area (Å²) in [4.78, 5) is 13.5. The van der Waals surface area contributed by atoms with Crippen molar-refractivity contribution in [1.82, 2.24) is 10.2 Å². The molecule has 0 radical (unpaired) electrons. The second-order valence-electron chi connectivity index (χ2n) is 5.51. The summed E-state index contributed by atoms with van der Waals surface area (Å²) in [5.41, 5.74) is 5.76. The Balaban J connectivity index is 2.66. The van der Waals surface area contributed by atoms with Gasteiger partial charge in [0.15, 0.2) is 0 Å². The largest absolute Gasteiger partial charge is 0.353 e. The van der Waals surface area contributed by atoms with Gasteiger partial charge >= 0.3 is 0 Å². The molecule has 1 unspecified atom stereocenters. The molecule has 1 atom stereocenters. The van der Waals surface area contributed by atoms with E-state index in [0.717, 1.165) is 13.1 Å². The van der Waals surface area contributed by atoms with Crippen molar-refractivity contribution in [3.8, 4) is 0 Å². The van der Waals surface area contributed by atoms with Crippen molar-refractivity contribution < 1.29 is 4.79 Å². The third kappa shape index (κ3) is 3.80. The minimum atomic E-state index is -0.245. The Kier molecular flexibility index (Phi) is 3.73. The number of hydrogen-bond acceptors (Lipinski definition) is 3. The van der Waals surface area contributed by atoms with Crippen LogP contribution in [0.15, 0.2) is 0 Å². The zero-order valence-electron chi connectivity index (χ0n) is 10.2. The highest BCUT2D eigenvalue weighted by molar-refractivity contribution is 5.78. The van der Waals surface area contributed by atoms with Crippen molar-refractivity contribution in [2.24, 2.45) is 11.7 Å². The Morgan fingerprint density at radius 2 is 2.20 bits per heavy atom. The molecule has 88 valence electrons. The first-order chi connectivity index (χ1) is 6.79. The van der Waals surface area contributed by atoms with Gasteiger partial charge in [-0.15, -0.1) is 0 Å². The van der Waals surface area contributed by atoms with Crippen LogP contribution in [0.4, 0.5) is 0 Å². The zero-order chi connectivity index (χ0) is 11.6. The first kappa shape index (κ1) is 12.5.